The summed E-state index contributed by atoms with van der Waals surface area (Å²) in [5, 5.41) is 17.7. The molecule has 0 aliphatic carbocycles. The Kier molecular flexibility index (Phi) is 4.49. The van der Waals surface area contributed by atoms with Crippen molar-refractivity contribution in [2.45, 2.75) is 18.9 Å². The second-order valence-electron chi connectivity index (χ2n) is 6.44. The maximum Gasteiger partial charge on any atom is 0.226 e. The van der Waals surface area contributed by atoms with E-state index < -0.39 is 0 Å². The van der Waals surface area contributed by atoms with Gasteiger partial charge in [-0.1, -0.05) is 41.9 Å². The van der Waals surface area contributed by atoms with Gasteiger partial charge in [-0.25, -0.2) is 4.68 Å². The molecular formula is C20H18ClN3O3. The predicted octanol–water partition coefficient (Wildman–Crippen LogP) is 3.77. The summed E-state index contributed by atoms with van der Waals surface area (Å²) in [5.41, 5.74) is 2.70. The monoisotopic (exact) mass is 383 g/mol. The van der Waals surface area contributed by atoms with Crippen LogP contribution in [-0.4, -0.2) is 27.9 Å². The first-order valence-electron chi connectivity index (χ1n) is 8.52. The Morgan fingerprint density at radius 2 is 2.07 bits per heavy atom. The summed E-state index contributed by atoms with van der Waals surface area (Å²) in [5.74, 6) is 0.582. The quantitative estimate of drug-likeness (QED) is 0.719. The number of halogens is 1. The van der Waals surface area contributed by atoms with Gasteiger partial charge in [0.25, 0.3) is 0 Å². The zero-order valence-corrected chi connectivity index (χ0v) is 15.4. The molecule has 1 amide bonds. The van der Waals surface area contributed by atoms with Gasteiger partial charge in [-0.15, -0.1) is 0 Å². The van der Waals surface area contributed by atoms with Gasteiger partial charge in [0.15, 0.2) is 11.5 Å². The van der Waals surface area contributed by atoms with Gasteiger partial charge in [-0.3, -0.25) is 4.79 Å². The SMILES string of the molecule is COc1cc(C2CC(=O)Nc3c2cnn3Cc2ccccc2)c(Cl)cc1O. The second-order valence-corrected chi connectivity index (χ2v) is 6.85. The van der Waals surface area contributed by atoms with E-state index >= 15 is 0 Å². The Morgan fingerprint density at radius 3 is 2.81 bits per heavy atom. The van der Waals surface area contributed by atoms with E-state index in [1.807, 2.05) is 30.3 Å². The topological polar surface area (TPSA) is 76.4 Å². The van der Waals surface area contributed by atoms with Gasteiger partial charge in [0, 0.05) is 29.0 Å². The highest BCUT2D eigenvalue weighted by Crippen LogP contribution is 2.43. The number of anilines is 1. The molecule has 2 aromatic carbocycles. The fraction of sp³-hybridized carbons (Fsp3) is 0.200. The van der Waals surface area contributed by atoms with Crippen LogP contribution in [0.5, 0.6) is 11.5 Å². The van der Waals surface area contributed by atoms with E-state index in [-0.39, 0.29) is 24.0 Å². The number of aromatic nitrogens is 2. The lowest BCUT2D eigenvalue weighted by Crippen LogP contribution is -2.25. The zero-order chi connectivity index (χ0) is 19.0. The van der Waals surface area contributed by atoms with Crippen LogP contribution in [0.25, 0.3) is 0 Å². The summed E-state index contributed by atoms with van der Waals surface area (Å²) in [6.45, 7) is 0.551. The lowest BCUT2D eigenvalue weighted by Gasteiger charge is -2.25. The number of rotatable bonds is 4. The van der Waals surface area contributed by atoms with E-state index in [4.69, 9.17) is 16.3 Å². The van der Waals surface area contributed by atoms with Gasteiger partial charge in [-0.05, 0) is 17.2 Å². The zero-order valence-electron chi connectivity index (χ0n) is 14.6. The standard InChI is InChI=1S/C20H18ClN3O3/c1-27-18-7-14(16(21)9-17(18)25)13-8-19(26)23-20-15(13)10-22-24(20)11-12-5-3-2-4-6-12/h2-7,9-10,13,25H,8,11H2,1H3,(H,23,26). The molecule has 6 nitrogen and oxygen atoms in total. The van der Waals surface area contributed by atoms with Gasteiger partial charge >= 0.3 is 0 Å². The van der Waals surface area contributed by atoms with E-state index in [0.717, 1.165) is 16.7 Å². The van der Waals surface area contributed by atoms with Crippen LogP contribution in [0.4, 0.5) is 5.82 Å². The van der Waals surface area contributed by atoms with Crippen molar-refractivity contribution in [2.75, 3.05) is 12.4 Å². The van der Waals surface area contributed by atoms with Crippen molar-refractivity contribution < 1.29 is 14.6 Å². The van der Waals surface area contributed by atoms with Crippen molar-refractivity contribution >= 4 is 23.3 Å². The summed E-state index contributed by atoms with van der Waals surface area (Å²) >= 11 is 6.37. The number of nitrogens with zero attached hydrogens (tertiary/aromatic N) is 2. The molecule has 0 radical (unpaired) electrons. The molecule has 27 heavy (non-hydrogen) atoms. The molecule has 2 N–H and O–H groups in total. The van der Waals surface area contributed by atoms with Crippen LogP contribution in [-0.2, 0) is 11.3 Å². The van der Waals surface area contributed by atoms with Crippen LogP contribution in [0, 0.1) is 0 Å². The first-order valence-corrected chi connectivity index (χ1v) is 8.90. The summed E-state index contributed by atoms with van der Waals surface area (Å²) in [4.78, 5) is 12.4. The van der Waals surface area contributed by atoms with Crippen molar-refractivity contribution in [1.29, 1.82) is 0 Å². The minimum Gasteiger partial charge on any atom is -0.504 e. The van der Waals surface area contributed by atoms with Crippen molar-refractivity contribution in [3.05, 3.63) is 70.4 Å². The number of carbonyl (C=O) groups is 1. The molecule has 1 aliphatic rings. The fourth-order valence-electron chi connectivity index (χ4n) is 3.41. The molecule has 0 fully saturated rings. The second kappa shape index (κ2) is 6.96. The highest BCUT2D eigenvalue weighted by atomic mass is 35.5. The number of methoxy groups -OCH3 is 1. The first kappa shape index (κ1) is 17.4. The van der Waals surface area contributed by atoms with Gasteiger partial charge < -0.3 is 15.2 Å². The molecule has 1 unspecified atom stereocenters. The molecule has 7 heteroatoms. The Bertz CT molecular complexity index is 1000. The van der Waals surface area contributed by atoms with Gasteiger partial charge in [0.05, 0.1) is 19.9 Å². The molecule has 1 aromatic heterocycles. The summed E-state index contributed by atoms with van der Waals surface area (Å²) in [6.07, 6.45) is 2.01. The van der Waals surface area contributed by atoms with Gasteiger partial charge in [0.1, 0.15) is 5.82 Å². The van der Waals surface area contributed by atoms with Gasteiger partial charge in [-0.2, -0.15) is 5.10 Å². The number of fused-ring (bicyclic) bond motifs is 1. The summed E-state index contributed by atoms with van der Waals surface area (Å²) in [6, 6.07) is 13.0. The number of phenols is 1. The number of nitrogens with one attached hydrogen (secondary N) is 1. The highest BCUT2D eigenvalue weighted by molar-refractivity contribution is 6.31. The highest BCUT2D eigenvalue weighted by Gasteiger charge is 2.32. The van der Waals surface area contributed by atoms with Crippen molar-refractivity contribution in [2.24, 2.45) is 0 Å². The maximum atomic E-state index is 12.4. The molecule has 1 aliphatic heterocycles. The van der Waals surface area contributed by atoms with Crippen molar-refractivity contribution in [3.63, 3.8) is 0 Å². The lowest BCUT2D eigenvalue weighted by atomic mass is 9.87. The number of hydrogen-bond acceptors (Lipinski definition) is 4. The largest absolute Gasteiger partial charge is 0.504 e. The molecule has 3 aromatic rings. The summed E-state index contributed by atoms with van der Waals surface area (Å²) in [7, 11) is 1.48. The molecule has 1 atom stereocenters. The average Bonchev–Trinajstić information content (AvgIpc) is 3.05. The van der Waals surface area contributed by atoms with E-state index in [1.54, 1.807) is 16.9 Å². The number of amides is 1. The van der Waals surface area contributed by atoms with Crippen LogP contribution in [0.15, 0.2) is 48.7 Å². The maximum absolute atomic E-state index is 12.4. The Morgan fingerprint density at radius 1 is 1.30 bits per heavy atom. The molecule has 0 saturated carbocycles. The molecule has 0 bridgehead atoms. The van der Waals surface area contributed by atoms with Crippen molar-refractivity contribution in [1.82, 2.24) is 9.78 Å². The fourth-order valence-corrected chi connectivity index (χ4v) is 3.70. The molecule has 138 valence electrons. The van der Waals surface area contributed by atoms with E-state index in [9.17, 15) is 9.90 Å². The number of ether oxygens (including phenoxy) is 1. The molecular weight excluding hydrogens is 366 g/mol. The molecule has 4 rings (SSSR count). The molecule has 0 saturated heterocycles. The smallest absolute Gasteiger partial charge is 0.226 e. The van der Waals surface area contributed by atoms with Crippen LogP contribution < -0.4 is 10.1 Å². The Hall–Kier alpha value is -2.99. The average molecular weight is 384 g/mol. The Labute approximate surface area is 161 Å². The third-order valence-electron chi connectivity index (χ3n) is 4.74. The number of hydrogen-bond donors (Lipinski definition) is 2. The molecule has 2 heterocycles. The number of phenolic OH excluding ortho intramolecular Hbond substituents is 1. The number of aromatic hydroxyl groups is 1. The normalized spacial score (nSPS) is 15.9. The number of carbonyl (C=O) groups excluding carboxylic acids is 1. The molecule has 0 spiro atoms. The van der Waals surface area contributed by atoms with E-state index in [0.29, 0.717) is 23.1 Å². The summed E-state index contributed by atoms with van der Waals surface area (Å²) < 4.78 is 6.98. The van der Waals surface area contributed by atoms with Crippen LogP contribution in [0.2, 0.25) is 5.02 Å². The van der Waals surface area contributed by atoms with Crippen LogP contribution in [0.3, 0.4) is 0 Å². The first-order chi connectivity index (χ1) is 13.1. The Balaban J connectivity index is 1.75. The third kappa shape index (κ3) is 3.24. The lowest BCUT2D eigenvalue weighted by molar-refractivity contribution is -0.116. The van der Waals surface area contributed by atoms with Gasteiger partial charge in [0.2, 0.25) is 5.91 Å². The minimum atomic E-state index is -0.264. The van der Waals surface area contributed by atoms with Crippen molar-refractivity contribution in [3.8, 4) is 11.5 Å². The predicted molar refractivity (Wildman–Crippen MR) is 103 cm³/mol. The van der Waals surface area contributed by atoms with E-state index in [1.165, 1.54) is 13.2 Å². The van der Waals surface area contributed by atoms with Crippen LogP contribution in [0.1, 0.15) is 29.0 Å². The minimum absolute atomic E-state index is 0.0356. The van der Waals surface area contributed by atoms with Crippen LogP contribution >= 0.6 is 11.6 Å². The number of benzene rings is 2. The van der Waals surface area contributed by atoms with E-state index in [2.05, 4.69) is 10.4 Å². The third-order valence-corrected chi connectivity index (χ3v) is 5.07.